The van der Waals surface area contributed by atoms with E-state index in [0.29, 0.717) is 12.1 Å². The Morgan fingerprint density at radius 2 is 2.16 bits per heavy atom. The highest BCUT2D eigenvalue weighted by atomic mass is 32.2. The minimum atomic E-state index is 0.482. The van der Waals surface area contributed by atoms with E-state index in [0.717, 1.165) is 18.8 Å². The molecule has 1 heterocycles. The number of nitrogens with zero attached hydrogens (tertiary/aromatic N) is 1. The first kappa shape index (κ1) is 16.6. The van der Waals surface area contributed by atoms with Crippen LogP contribution >= 0.6 is 11.8 Å². The molecule has 0 spiro atoms. The van der Waals surface area contributed by atoms with Crippen LogP contribution in [-0.4, -0.2) is 36.0 Å². The van der Waals surface area contributed by atoms with E-state index in [1.165, 1.54) is 17.7 Å². The number of hydrogen-bond donors (Lipinski definition) is 1. The van der Waals surface area contributed by atoms with Crippen LogP contribution in [0.25, 0.3) is 0 Å². The van der Waals surface area contributed by atoms with Gasteiger partial charge in [-0.25, -0.2) is 0 Å². The van der Waals surface area contributed by atoms with Gasteiger partial charge in [-0.3, -0.25) is 4.90 Å². The van der Waals surface area contributed by atoms with Crippen LogP contribution in [0.3, 0.4) is 0 Å². The molecule has 1 N–H and O–H groups in total. The maximum atomic E-state index is 5.59. The van der Waals surface area contributed by atoms with E-state index in [2.05, 4.69) is 50.4 Å². The molecule has 1 rings (SSSR count). The third-order valence-electron chi connectivity index (χ3n) is 3.38. The number of nitrogens with one attached hydrogen (secondary N) is 1. The third-order valence-corrected chi connectivity index (χ3v) is 4.10. The van der Waals surface area contributed by atoms with E-state index in [1.54, 1.807) is 6.26 Å². The van der Waals surface area contributed by atoms with Crippen LogP contribution in [0.4, 0.5) is 0 Å². The highest BCUT2D eigenvalue weighted by molar-refractivity contribution is 7.98. The molecule has 110 valence electrons. The van der Waals surface area contributed by atoms with Gasteiger partial charge < -0.3 is 9.73 Å². The molecule has 1 unspecified atom stereocenters. The molecule has 0 bridgehead atoms. The molecule has 19 heavy (non-hydrogen) atoms. The SMILES string of the molecule is CCC(CSC)N(C)Cc1ccoc1CNC(C)C. The summed E-state index contributed by atoms with van der Waals surface area (Å²) >= 11 is 1.92. The van der Waals surface area contributed by atoms with Gasteiger partial charge in [-0.2, -0.15) is 11.8 Å². The standard InChI is InChI=1S/C15H28N2OS/c1-6-14(11-19-5)17(4)10-13-7-8-18-15(13)9-16-12(2)3/h7-8,12,14,16H,6,9-11H2,1-5H3. The van der Waals surface area contributed by atoms with Gasteiger partial charge in [0.05, 0.1) is 12.8 Å². The molecule has 0 saturated heterocycles. The molecular weight excluding hydrogens is 256 g/mol. The summed E-state index contributed by atoms with van der Waals surface area (Å²) in [5.74, 6) is 2.25. The summed E-state index contributed by atoms with van der Waals surface area (Å²) in [6.45, 7) is 8.34. The van der Waals surface area contributed by atoms with Gasteiger partial charge in [-0.1, -0.05) is 20.8 Å². The lowest BCUT2D eigenvalue weighted by molar-refractivity contribution is 0.245. The lowest BCUT2D eigenvalue weighted by Gasteiger charge is -2.26. The van der Waals surface area contributed by atoms with Crippen molar-refractivity contribution in [3.8, 4) is 0 Å². The highest BCUT2D eigenvalue weighted by Crippen LogP contribution is 2.16. The van der Waals surface area contributed by atoms with Crippen molar-refractivity contribution in [3.63, 3.8) is 0 Å². The average molecular weight is 284 g/mol. The van der Waals surface area contributed by atoms with Gasteiger partial charge in [0, 0.05) is 29.9 Å². The molecule has 0 saturated carbocycles. The first-order valence-corrected chi connectivity index (χ1v) is 8.45. The number of hydrogen-bond acceptors (Lipinski definition) is 4. The molecule has 1 aromatic rings. The van der Waals surface area contributed by atoms with E-state index in [4.69, 9.17) is 4.42 Å². The van der Waals surface area contributed by atoms with Crippen LogP contribution in [-0.2, 0) is 13.1 Å². The van der Waals surface area contributed by atoms with E-state index in [9.17, 15) is 0 Å². The number of furan rings is 1. The van der Waals surface area contributed by atoms with Crippen molar-refractivity contribution in [2.75, 3.05) is 19.1 Å². The lowest BCUT2D eigenvalue weighted by Crippen LogP contribution is -2.33. The molecule has 0 fully saturated rings. The summed E-state index contributed by atoms with van der Waals surface area (Å²) in [5, 5.41) is 3.41. The zero-order valence-corrected chi connectivity index (χ0v) is 13.7. The fourth-order valence-electron chi connectivity index (χ4n) is 2.11. The summed E-state index contributed by atoms with van der Waals surface area (Å²) in [4.78, 5) is 2.43. The largest absolute Gasteiger partial charge is 0.468 e. The highest BCUT2D eigenvalue weighted by Gasteiger charge is 2.15. The zero-order chi connectivity index (χ0) is 14.3. The second-order valence-corrected chi connectivity index (χ2v) is 6.25. The summed E-state index contributed by atoms with van der Waals surface area (Å²) in [5.41, 5.74) is 1.30. The van der Waals surface area contributed by atoms with Crippen molar-refractivity contribution in [3.05, 3.63) is 23.7 Å². The van der Waals surface area contributed by atoms with Gasteiger partial charge in [0.25, 0.3) is 0 Å². The molecule has 0 aromatic carbocycles. The van der Waals surface area contributed by atoms with Gasteiger partial charge in [-0.15, -0.1) is 0 Å². The molecule has 0 aliphatic heterocycles. The first-order valence-electron chi connectivity index (χ1n) is 7.06. The van der Waals surface area contributed by atoms with Crippen molar-refractivity contribution in [2.45, 2.75) is 52.4 Å². The Morgan fingerprint density at radius 3 is 2.74 bits per heavy atom. The Morgan fingerprint density at radius 1 is 1.42 bits per heavy atom. The predicted octanol–water partition coefficient (Wildman–Crippen LogP) is 3.35. The first-order chi connectivity index (χ1) is 9.08. The number of rotatable bonds is 9. The van der Waals surface area contributed by atoms with Gasteiger partial charge in [0.15, 0.2) is 0 Å². The maximum absolute atomic E-state index is 5.59. The maximum Gasteiger partial charge on any atom is 0.122 e. The van der Waals surface area contributed by atoms with Crippen molar-refractivity contribution < 1.29 is 4.42 Å². The number of thioether (sulfide) groups is 1. The van der Waals surface area contributed by atoms with Gasteiger partial charge >= 0.3 is 0 Å². The second kappa shape index (κ2) is 8.67. The van der Waals surface area contributed by atoms with Gasteiger partial charge in [-0.05, 0) is 25.8 Å². The Hall–Kier alpha value is -0.450. The van der Waals surface area contributed by atoms with E-state index in [-0.39, 0.29) is 0 Å². The van der Waals surface area contributed by atoms with Gasteiger partial charge in [0.1, 0.15) is 5.76 Å². The van der Waals surface area contributed by atoms with E-state index >= 15 is 0 Å². The quantitative estimate of drug-likeness (QED) is 0.753. The van der Waals surface area contributed by atoms with Crippen molar-refractivity contribution in [1.29, 1.82) is 0 Å². The molecule has 3 nitrogen and oxygen atoms in total. The van der Waals surface area contributed by atoms with Crippen molar-refractivity contribution in [2.24, 2.45) is 0 Å². The Balaban J connectivity index is 2.58. The Kier molecular flexibility index (Phi) is 7.57. The normalized spacial score (nSPS) is 13.4. The third kappa shape index (κ3) is 5.59. The van der Waals surface area contributed by atoms with E-state index < -0.39 is 0 Å². The minimum Gasteiger partial charge on any atom is -0.468 e. The topological polar surface area (TPSA) is 28.4 Å². The zero-order valence-electron chi connectivity index (χ0n) is 12.9. The van der Waals surface area contributed by atoms with Crippen molar-refractivity contribution >= 4 is 11.8 Å². The summed E-state index contributed by atoms with van der Waals surface area (Å²) < 4.78 is 5.59. The fraction of sp³-hybridized carbons (Fsp3) is 0.733. The molecule has 0 amide bonds. The van der Waals surface area contributed by atoms with Crippen LogP contribution in [0.5, 0.6) is 0 Å². The Bertz CT molecular complexity index is 352. The van der Waals surface area contributed by atoms with Crippen LogP contribution in [0.15, 0.2) is 16.7 Å². The summed E-state index contributed by atoms with van der Waals surface area (Å²) in [6.07, 6.45) is 5.16. The molecule has 0 radical (unpaired) electrons. The molecule has 4 heteroatoms. The van der Waals surface area contributed by atoms with Gasteiger partial charge in [0.2, 0.25) is 0 Å². The van der Waals surface area contributed by atoms with Crippen LogP contribution in [0, 0.1) is 0 Å². The van der Waals surface area contributed by atoms with Crippen LogP contribution in [0.1, 0.15) is 38.5 Å². The molecule has 1 atom stereocenters. The Labute approximate surface area is 122 Å². The smallest absolute Gasteiger partial charge is 0.122 e. The fourth-order valence-corrected chi connectivity index (χ4v) is 2.98. The average Bonchev–Trinajstić information content (AvgIpc) is 2.80. The van der Waals surface area contributed by atoms with E-state index in [1.807, 2.05) is 11.8 Å². The predicted molar refractivity (Wildman–Crippen MR) is 84.6 cm³/mol. The lowest BCUT2D eigenvalue weighted by atomic mass is 10.1. The molecule has 0 aliphatic carbocycles. The van der Waals surface area contributed by atoms with Crippen LogP contribution in [0.2, 0.25) is 0 Å². The second-order valence-electron chi connectivity index (χ2n) is 5.34. The molecule has 0 aliphatic rings. The van der Waals surface area contributed by atoms with Crippen LogP contribution < -0.4 is 5.32 Å². The summed E-state index contributed by atoms with van der Waals surface area (Å²) in [7, 11) is 2.21. The molecule has 1 aromatic heterocycles. The monoisotopic (exact) mass is 284 g/mol. The minimum absolute atomic E-state index is 0.482. The molecular formula is C15H28N2OS. The van der Waals surface area contributed by atoms with Crippen molar-refractivity contribution in [1.82, 2.24) is 10.2 Å². The summed E-state index contributed by atoms with van der Waals surface area (Å²) in [6, 6.07) is 3.21.